The zero-order valence-electron chi connectivity index (χ0n) is 16.0. The lowest BCUT2D eigenvalue weighted by molar-refractivity contribution is 0.0615. The van der Waals surface area contributed by atoms with Crippen molar-refractivity contribution in [1.82, 2.24) is 14.7 Å². The molecule has 1 aromatic rings. The predicted octanol–water partition coefficient (Wildman–Crippen LogP) is 2.40. The summed E-state index contributed by atoms with van der Waals surface area (Å²) in [5.74, 6) is 1.10. The summed E-state index contributed by atoms with van der Waals surface area (Å²) in [5, 5.41) is 0. The van der Waals surface area contributed by atoms with Crippen LogP contribution in [-0.4, -0.2) is 74.2 Å². The molecule has 0 atom stereocenters. The predicted molar refractivity (Wildman–Crippen MR) is 102 cm³/mol. The summed E-state index contributed by atoms with van der Waals surface area (Å²) >= 11 is 0. The van der Waals surface area contributed by atoms with Crippen molar-refractivity contribution < 1.29 is 4.74 Å². The lowest BCUT2D eigenvalue weighted by Crippen LogP contribution is -2.52. The Morgan fingerprint density at radius 3 is 2.32 bits per heavy atom. The minimum atomic E-state index is 0.813. The zero-order chi connectivity index (χ0) is 17.2. The summed E-state index contributed by atoms with van der Waals surface area (Å²) in [6, 6.07) is 5.53. The fraction of sp³-hybridized carbons (Fsp3) is 0.714. The van der Waals surface area contributed by atoms with Gasteiger partial charge in [0.25, 0.3) is 0 Å². The molecule has 0 bridgehead atoms. The van der Waals surface area contributed by atoms with Crippen LogP contribution in [0.1, 0.15) is 36.0 Å². The van der Waals surface area contributed by atoms with Gasteiger partial charge in [0.1, 0.15) is 5.75 Å². The summed E-state index contributed by atoms with van der Waals surface area (Å²) in [4.78, 5) is 7.82. The van der Waals surface area contributed by atoms with Crippen LogP contribution >= 0.6 is 0 Å². The molecule has 3 aliphatic rings. The summed E-state index contributed by atoms with van der Waals surface area (Å²) in [6.45, 7) is 8.38. The second-order valence-corrected chi connectivity index (χ2v) is 8.13. The van der Waals surface area contributed by atoms with Crippen LogP contribution in [-0.2, 0) is 19.4 Å². The Hall–Kier alpha value is -1.10. The third-order valence-electron chi connectivity index (χ3n) is 6.50. The van der Waals surface area contributed by atoms with Gasteiger partial charge in [-0.3, -0.25) is 9.80 Å². The Morgan fingerprint density at radius 1 is 0.960 bits per heavy atom. The number of methoxy groups -OCH3 is 1. The fourth-order valence-corrected chi connectivity index (χ4v) is 4.85. The molecule has 0 radical (unpaired) electrons. The summed E-state index contributed by atoms with van der Waals surface area (Å²) in [5.41, 5.74) is 4.45. The van der Waals surface area contributed by atoms with Gasteiger partial charge in [-0.2, -0.15) is 0 Å². The quantitative estimate of drug-likeness (QED) is 0.835. The summed E-state index contributed by atoms with van der Waals surface area (Å²) in [6.07, 6.45) is 6.46. The van der Waals surface area contributed by atoms with Crippen molar-refractivity contribution >= 4 is 0 Å². The van der Waals surface area contributed by atoms with Crippen molar-refractivity contribution in [3.8, 4) is 5.75 Å². The maximum absolute atomic E-state index is 5.70. The third-order valence-corrected chi connectivity index (χ3v) is 6.50. The number of rotatable bonds is 4. The van der Waals surface area contributed by atoms with Crippen molar-refractivity contribution in [3.63, 3.8) is 0 Å². The van der Waals surface area contributed by atoms with E-state index in [1.54, 1.807) is 5.56 Å². The third kappa shape index (κ3) is 3.86. The molecule has 138 valence electrons. The fourth-order valence-electron chi connectivity index (χ4n) is 4.85. The monoisotopic (exact) mass is 343 g/mol. The van der Waals surface area contributed by atoms with Gasteiger partial charge in [-0.25, -0.2) is 0 Å². The molecule has 0 N–H and O–H groups in total. The summed E-state index contributed by atoms with van der Waals surface area (Å²) < 4.78 is 5.70. The Morgan fingerprint density at radius 2 is 1.64 bits per heavy atom. The molecule has 4 rings (SSSR count). The van der Waals surface area contributed by atoms with Gasteiger partial charge >= 0.3 is 0 Å². The molecular formula is C21H33N3O. The molecule has 2 heterocycles. The highest BCUT2D eigenvalue weighted by molar-refractivity contribution is 5.44. The molecule has 0 spiro atoms. The van der Waals surface area contributed by atoms with E-state index in [0.29, 0.717) is 0 Å². The molecule has 1 aromatic carbocycles. The number of ether oxygens (including phenoxy) is 1. The molecule has 25 heavy (non-hydrogen) atoms. The highest BCUT2D eigenvalue weighted by Crippen LogP contribution is 2.31. The standard InChI is InChI=1S/C21H33N3O/c1-22-8-6-20(7-9-22)24-12-10-23(11-13-24)16-19-14-17-4-3-5-18(17)15-21(19)25-2/h14-15,20H,3-13,16H2,1-2H3. The maximum Gasteiger partial charge on any atom is 0.123 e. The van der Waals surface area contributed by atoms with Crippen LogP contribution in [0.15, 0.2) is 12.1 Å². The van der Waals surface area contributed by atoms with Crippen molar-refractivity contribution in [2.45, 2.75) is 44.7 Å². The summed E-state index contributed by atoms with van der Waals surface area (Å²) in [7, 11) is 4.07. The van der Waals surface area contributed by atoms with Gasteiger partial charge < -0.3 is 9.64 Å². The molecule has 2 saturated heterocycles. The highest BCUT2D eigenvalue weighted by atomic mass is 16.5. The van der Waals surface area contributed by atoms with Crippen molar-refractivity contribution in [2.24, 2.45) is 0 Å². The van der Waals surface area contributed by atoms with E-state index in [4.69, 9.17) is 4.74 Å². The van der Waals surface area contributed by atoms with Crippen molar-refractivity contribution in [2.75, 3.05) is 53.4 Å². The molecule has 2 fully saturated rings. The van der Waals surface area contributed by atoms with Crippen LogP contribution in [0, 0.1) is 0 Å². The van der Waals surface area contributed by atoms with E-state index in [9.17, 15) is 0 Å². The van der Waals surface area contributed by atoms with Crippen molar-refractivity contribution in [3.05, 3.63) is 28.8 Å². The van der Waals surface area contributed by atoms with Gasteiger partial charge in [-0.05, 0) is 69.4 Å². The van der Waals surface area contributed by atoms with Crippen LogP contribution < -0.4 is 4.74 Å². The van der Waals surface area contributed by atoms with Crippen LogP contribution in [0.4, 0.5) is 0 Å². The van der Waals surface area contributed by atoms with Crippen LogP contribution in [0.2, 0.25) is 0 Å². The average molecular weight is 344 g/mol. The number of hydrogen-bond acceptors (Lipinski definition) is 4. The average Bonchev–Trinajstić information content (AvgIpc) is 3.10. The van der Waals surface area contributed by atoms with E-state index in [1.807, 2.05) is 7.11 Å². The Bertz CT molecular complexity index is 587. The maximum atomic E-state index is 5.70. The molecule has 4 nitrogen and oxygen atoms in total. The van der Waals surface area contributed by atoms with E-state index in [1.165, 1.54) is 82.5 Å². The topological polar surface area (TPSA) is 19.0 Å². The van der Waals surface area contributed by atoms with Gasteiger partial charge in [-0.1, -0.05) is 6.07 Å². The largest absolute Gasteiger partial charge is 0.496 e. The van der Waals surface area contributed by atoms with Crippen LogP contribution in [0.5, 0.6) is 5.75 Å². The number of hydrogen-bond donors (Lipinski definition) is 0. The van der Waals surface area contributed by atoms with E-state index < -0.39 is 0 Å². The Kier molecular flexibility index (Phi) is 5.30. The van der Waals surface area contributed by atoms with E-state index in [0.717, 1.165) is 18.3 Å². The number of fused-ring (bicyclic) bond motifs is 1. The molecule has 1 aliphatic carbocycles. The van der Waals surface area contributed by atoms with Crippen LogP contribution in [0.25, 0.3) is 0 Å². The minimum absolute atomic E-state index is 0.813. The normalized spacial score (nSPS) is 23.8. The molecule has 0 amide bonds. The van der Waals surface area contributed by atoms with Gasteiger partial charge in [0, 0.05) is 44.3 Å². The number of piperidine rings is 1. The first-order valence-corrected chi connectivity index (χ1v) is 10.1. The van der Waals surface area contributed by atoms with Crippen LogP contribution in [0.3, 0.4) is 0 Å². The number of aryl methyl sites for hydroxylation is 2. The highest BCUT2D eigenvalue weighted by Gasteiger charge is 2.27. The molecular weight excluding hydrogens is 310 g/mol. The number of nitrogens with zero attached hydrogens (tertiary/aromatic N) is 3. The zero-order valence-corrected chi connectivity index (χ0v) is 16.0. The Labute approximate surface area is 152 Å². The van der Waals surface area contributed by atoms with Gasteiger partial charge in [0.05, 0.1) is 7.11 Å². The molecule has 2 aliphatic heterocycles. The number of likely N-dealkylation sites (tertiary alicyclic amines) is 1. The smallest absolute Gasteiger partial charge is 0.123 e. The SMILES string of the molecule is COc1cc2c(cc1CN1CCN(C3CCN(C)CC3)CC1)CCC2. The van der Waals surface area contributed by atoms with E-state index in [-0.39, 0.29) is 0 Å². The lowest BCUT2D eigenvalue weighted by atomic mass is 10.0. The van der Waals surface area contributed by atoms with E-state index >= 15 is 0 Å². The number of piperazine rings is 1. The first-order chi connectivity index (χ1) is 12.2. The van der Waals surface area contributed by atoms with E-state index in [2.05, 4.69) is 33.9 Å². The molecule has 4 heteroatoms. The first-order valence-electron chi connectivity index (χ1n) is 10.1. The Balaban J connectivity index is 1.34. The minimum Gasteiger partial charge on any atom is -0.496 e. The van der Waals surface area contributed by atoms with Gasteiger partial charge in [0.2, 0.25) is 0 Å². The molecule has 0 saturated carbocycles. The second kappa shape index (κ2) is 7.65. The lowest BCUT2D eigenvalue weighted by Gasteiger charge is -2.42. The van der Waals surface area contributed by atoms with Gasteiger partial charge in [0.15, 0.2) is 0 Å². The second-order valence-electron chi connectivity index (χ2n) is 8.13. The molecule has 0 aromatic heterocycles. The number of benzene rings is 1. The van der Waals surface area contributed by atoms with Gasteiger partial charge in [-0.15, -0.1) is 0 Å². The first kappa shape index (κ1) is 17.3. The molecule has 0 unspecified atom stereocenters. The van der Waals surface area contributed by atoms with Crippen molar-refractivity contribution in [1.29, 1.82) is 0 Å².